The zero-order valence-corrected chi connectivity index (χ0v) is 28.0. The highest BCUT2D eigenvalue weighted by molar-refractivity contribution is 5.83. The fourth-order valence-electron chi connectivity index (χ4n) is 6.95. The molecule has 18 N–H and O–H groups in total. The first kappa shape index (κ1) is 44.3. The van der Waals surface area contributed by atoms with E-state index in [1.807, 2.05) is 0 Å². The van der Waals surface area contributed by atoms with Gasteiger partial charge < -0.3 is 98.2 Å². The van der Waals surface area contributed by atoms with E-state index in [0.29, 0.717) is 25.9 Å². The van der Waals surface area contributed by atoms with Gasteiger partial charge in [0.25, 0.3) is 0 Å². The quantitative estimate of drug-likeness (QED) is 0.0616. The molecular weight excluding hydrogens is 680 g/mol. The van der Waals surface area contributed by atoms with Gasteiger partial charge in [-0.1, -0.05) is 7.43 Å². The molecule has 0 radical (unpaired) electrons. The summed E-state index contributed by atoms with van der Waals surface area (Å²) in [7, 11) is 0. The SMILES string of the molecule is C.NCC[C@H](O)C(=O)C[C@@H]1C[C@H](N)[C@@H](O[C@H]2O[C@H](CNCCO)CC[C@H]2N)[C@H](O[C@@H]2O[C@H](CO)[C@@H](O[C@H]3O[C@@H](CN)[C@@H](O)[C@H](O)[C@H]3N)[C@H]2O)[C@H]1O. The maximum absolute atomic E-state index is 12.8. The molecular formula is C31H62N6O14. The van der Waals surface area contributed by atoms with Gasteiger partial charge >= 0.3 is 0 Å². The third kappa shape index (κ3) is 10.8. The molecule has 4 fully saturated rings. The second-order valence-corrected chi connectivity index (χ2v) is 13.6. The van der Waals surface area contributed by atoms with E-state index in [1.165, 1.54) is 0 Å². The summed E-state index contributed by atoms with van der Waals surface area (Å²) in [6.07, 6.45) is -16.5. The molecule has 3 saturated heterocycles. The van der Waals surface area contributed by atoms with Gasteiger partial charge in [-0.05, 0) is 38.1 Å². The predicted octanol–water partition coefficient (Wildman–Crippen LogP) is -6.62. The molecule has 18 atom stereocenters. The number of aliphatic hydroxyl groups excluding tert-OH is 7. The van der Waals surface area contributed by atoms with E-state index >= 15 is 0 Å². The monoisotopic (exact) mass is 742 g/mol. The molecule has 20 heteroatoms. The van der Waals surface area contributed by atoms with E-state index in [-0.39, 0.29) is 52.5 Å². The topological polar surface area (TPSA) is 356 Å². The van der Waals surface area contributed by atoms with Gasteiger partial charge in [-0.25, -0.2) is 0 Å². The molecule has 4 rings (SSSR count). The van der Waals surface area contributed by atoms with Crippen LogP contribution in [0.25, 0.3) is 0 Å². The van der Waals surface area contributed by atoms with Crippen molar-refractivity contribution in [3.8, 4) is 0 Å². The van der Waals surface area contributed by atoms with Crippen molar-refractivity contribution in [2.45, 2.75) is 144 Å². The standard InChI is InChI=1S/C30H58N6O14.CH4/c31-4-3-16(39)17(40)8-12-7-15(34)25(48-28-14(33)2-1-13(45-28)10-36-5-6-37)27(21(12)41)50-30-24(44)26(19(11-38)47-30)49-29-20(35)23(43)22(42)18(9-32)46-29;/h12-16,18-30,36-39,41-44H,1-11,31-35H2;1H4/t12-,13-,14+,15-,16-,18-,19+,20+,21-,22+,23+,24+,25+,26+,27+,28+,29+,30-;/m0./s1. The van der Waals surface area contributed by atoms with Crippen LogP contribution in [0.3, 0.4) is 0 Å². The molecule has 0 bridgehead atoms. The van der Waals surface area contributed by atoms with Crippen LogP contribution in [0.1, 0.15) is 39.5 Å². The molecule has 51 heavy (non-hydrogen) atoms. The van der Waals surface area contributed by atoms with Crippen molar-refractivity contribution in [3.05, 3.63) is 0 Å². The van der Waals surface area contributed by atoms with Gasteiger partial charge in [-0.15, -0.1) is 0 Å². The van der Waals surface area contributed by atoms with Crippen molar-refractivity contribution in [2.75, 3.05) is 39.4 Å². The molecule has 300 valence electrons. The summed E-state index contributed by atoms with van der Waals surface area (Å²) in [6, 6.07) is -2.69. The van der Waals surface area contributed by atoms with Gasteiger partial charge in [-0.2, -0.15) is 0 Å². The Morgan fingerprint density at radius 3 is 2.12 bits per heavy atom. The number of rotatable bonds is 17. The van der Waals surface area contributed by atoms with Crippen molar-refractivity contribution in [1.29, 1.82) is 0 Å². The molecule has 1 saturated carbocycles. The smallest absolute Gasteiger partial charge is 0.187 e. The maximum Gasteiger partial charge on any atom is 0.187 e. The summed E-state index contributed by atoms with van der Waals surface area (Å²) < 4.78 is 36.0. The normalized spacial score (nSPS) is 43.8. The number of hydrogen-bond acceptors (Lipinski definition) is 20. The number of nitrogens with one attached hydrogen (secondary N) is 1. The highest BCUT2D eigenvalue weighted by Gasteiger charge is 2.54. The molecule has 4 aliphatic rings. The fraction of sp³-hybridized carbons (Fsp3) is 0.968. The Morgan fingerprint density at radius 1 is 0.804 bits per heavy atom. The lowest BCUT2D eigenvalue weighted by Gasteiger charge is -2.46. The maximum atomic E-state index is 12.8. The highest BCUT2D eigenvalue weighted by Crippen LogP contribution is 2.37. The zero-order chi connectivity index (χ0) is 36.7. The van der Waals surface area contributed by atoms with Gasteiger partial charge in [0, 0.05) is 32.1 Å². The largest absolute Gasteiger partial charge is 0.395 e. The summed E-state index contributed by atoms with van der Waals surface area (Å²) >= 11 is 0. The Balaban J connectivity index is 0.00000702. The van der Waals surface area contributed by atoms with Crippen LogP contribution < -0.4 is 34.0 Å². The second-order valence-electron chi connectivity index (χ2n) is 13.6. The fourth-order valence-corrected chi connectivity index (χ4v) is 6.95. The Hall–Kier alpha value is -1.09. The average Bonchev–Trinajstić information content (AvgIpc) is 3.39. The number of Topliss-reactive ketones (excluding diaryl/α,β-unsaturated/α-hetero) is 1. The molecule has 0 aromatic carbocycles. The average molecular weight is 743 g/mol. The lowest BCUT2D eigenvalue weighted by Crippen LogP contribution is -2.64. The highest BCUT2D eigenvalue weighted by atomic mass is 16.8. The number of ketones is 1. The van der Waals surface area contributed by atoms with Gasteiger partial charge in [0.15, 0.2) is 24.7 Å². The van der Waals surface area contributed by atoms with Crippen LogP contribution in [0.2, 0.25) is 0 Å². The van der Waals surface area contributed by atoms with Crippen molar-refractivity contribution in [2.24, 2.45) is 34.6 Å². The van der Waals surface area contributed by atoms with Crippen molar-refractivity contribution in [3.63, 3.8) is 0 Å². The molecule has 1 aliphatic carbocycles. The van der Waals surface area contributed by atoms with E-state index in [1.54, 1.807) is 0 Å². The van der Waals surface area contributed by atoms with Crippen LogP contribution in [0.15, 0.2) is 0 Å². The van der Waals surface area contributed by atoms with E-state index in [9.17, 15) is 35.4 Å². The molecule has 0 aromatic heterocycles. The molecule has 0 spiro atoms. The first-order valence-electron chi connectivity index (χ1n) is 17.3. The van der Waals surface area contributed by atoms with Crippen molar-refractivity contribution < 1.29 is 69.0 Å². The minimum absolute atomic E-state index is 0. The van der Waals surface area contributed by atoms with E-state index < -0.39 is 116 Å². The molecule has 0 unspecified atom stereocenters. The minimum Gasteiger partial charge on any atom is -0.395 e. The van der Waals surface area contributed by atoms with Crippen LogP contribution in [-0.4, -0.2) is 185 Å². The second kappa shape index (κ2) is 20.6. The summed E-state index contributed by atoms with van der Waals surface area (Å²) in [5.41, 5.74) is 30.2. The summed E-state index contributed by atoms with van der Waals surface area (Å²) in [4.78, 5) is 12.8. The van der Waals surface area contributed by atoms with Gasteiger partial charge in [0.1, 0.15) is 54.9 Å². The Bertz CT molecular complexity index is 1040. The number of aliphatic hydroxyl groups is 7. The third-order valence-corrected chi connectivity index (χ3v) is 9.90. The predicted molar refractivity (Wildman–Crippen MR) is 178 cm³/mol. The van der Waals surface area contributed by atoms with Gasteiger partial charge in [-0.3, -0.25) is 4.79 Å². The van der Waals surface area contributed by atoms with Crippen LogP contribution in [0.4, 0.5) is 0 Å². The van der Waals surface area contributed by atoms with Crippen LogP contribution in [0.5, 0.6) is 0 Å². The molecule has 0 amide bonds. The molecule has 20 nitrogen and oxygen atoms in total. The number of hydrogen-bond donors (Lipinski definition) is 13. The van der Waals surface area contributed by atoms with Crippen LogP contribution in [-0.2, 0) is 33.2 Å². The Kier molecular flexibility index (Phi) is 17.9. The number of carbonyl (C=O) groups is 1. The van der Waals surface area contributed by atoms with Crippen LogP contribution >= 0.6 is 0 Å². The Morgan fingerprint density at radius 2 is 1.47 bits per heavy atom. The lowest BCUT2D eigenvalue weighted by molar-refractivity contribution is -0.292. The van der Waals surface area contributed by atoms with E-state index in [4.69, 9.17) is 62.2 Å². The number of ether oxygens (including phenoxy) is 6. The van der Waals surface area contributed by atoms with Crippen molar-refractivity contribution >= 4 is 5.78 Å². The first-order chi connectivity index (χ1) is 23.8. The lowest BCUT2D eigenvalue weighted by atomic mass is 9.76. The van der Waals surface area contributed by atoms with Crippen molar-refractivity contribution in [1.82, 2.24) is 5.32 Å². The first-order valence-corrected chi connectivity index (χ1v) is 17.3. The summed E-state index contributed by atoms with van der Waals surface area (Å²) in [5, 5.41) is 76.2. The summed E-state index contributed by atoms with van der Waals surface area (Å²) in [5.74, 6) is -1.35. The number of carbonyl (C=O) groups excluding carboxylic acids is 1. The molecule has 3 aliphatic heterocycles. The zero-order valence-electron chi connectivity index (χ0n) is 28.0. The molecule has 3 heterocycles. The van der Waals surface area contributed by atoms with E-state index in [2.05, 4.69) is 5.32 Å². The minimum atomic E-state index is -1.63. The number of nitrogens with two attached hydrogens (primary N) is 5. The molecule has 0 aromatic rings. The van der Waals surface area contributed by atoms with Gasteiger partial charge in [0.2, 0.25) is 0 Å². The van der Waals surface area contributed by atoms with Crippen LogP contribution in [0, 0.1) is 5.92 Å². The third-order valence-electron chi connectivity index (χ3n) is 9.90. The summed E-state index contributed by atoms with van der Waals surface area (Å²) in [6.45, 7) is -0.0183. The Labute approximate surface area is 297 Å². The van der Waals surface area contributed by atoms with Gasteiger partial charge in [0.05, 0.1) is 37.5 Å². The van der Waals surface area contributed by atoms with E-state index in [0.717, 1.165) is 0 Å².